The molecule has 22 heavy (non-hydrogen) atoms. The van der Waals surface area contributed by atoms with E-state index in [9.17, 15) is 4.79 Å². The number of hydrogen-bond donors (Lipinski definition) is 1. The number of nitrogens with zero attached hydrogens (tertiary/aromatic N) is 4. The molecule has 1 amide bonds. The van der Waals surface area contributed by atoms with Crippen molar-refractivity contribution < 1.29 is 4.79 Å². The Morgan fingerprint density at radius 3 is 3.09 bits per heavy atom. The van der Waals surface area contributed by atoms with Crippen LogP contribution in [0, 0.1) is 6.92 Å². The third-order valence-corrected chi connectivity index (χ3v) is 5.08. The van der Waals surface area contributed by atoms with Crippen molar-refractivity contribution >= 4 is 17.2 Å². The van der Waals surface area contributed by atoms with Crippen molar-refractivity contribution in [3.8, 4) is 0 Å². The first-order chi connectivity index (χ1) is 10.6. The summed E-state index contributed by atoms with van der Waals surface area (Å²) in [5, 5.41) is 13.4. The minimum atomic E-state index is -0.144. The minimum Gasteiger partial charge on any atom is -0.354 e. The predicted octanol–water partition coefficient (Wildman–Crippen LogP) is 1.21. The molecule has 118 valence electrons. The molecule has 3 heterocycles. The lowest BCUT2D eigenvalue weighted by molar-refractivity contribution is -0.126. The quantitative estimate of drug-likeness (QED) is 0.900. The number of hydrogen-bond acceptors (Lipinski definition) is 5. The molecule has 0 radical (unpaired) electrons. The molecule has 0 fully saturated rings. The molecular formula is C15H21N5OS. The minimum absolute atomic E-state index is 0.0845. The zero-order valence-corrected chi connectivity index (χ0v) is 13.8. The van der Waals surface area contributed by atoms with Crippen molar-refractivity contribution in [1.29, 1.82) is 0 Å². The maximum atomic E-state index is 12.3. The zero-order chi connectivity index (χ0) is 15.5. The molecule has 2 aromatic rings. The first-order valence-electron chi connectivity index (χ1n) is 7.58. The highest BCUT2D eigenvalue weighted by Crippen LogP contribution is 2.14. The average Bonchev–Trinajstić information content (AvgIpc) is 3.16. The van der Waals surface area contributed by atoms with Gasteiger partial charge in [0.2, 0.25) is 5.91 Å². The van der Waals surface area contributed by atoms with Crippen LogP contribution < -0.4 is 5.32 Å². The van der Waals surface area contributed by atoms with E-state index in [4.69, 9.17) is 0 Å². The van der Waals surface area contributed by atoms with E-state index in [1.165, 1.54) is 4.88 Å². The molecule has 0 saturated carbocycles. The highest BCUT2D eigenvalue weighted by molar-refractivity contribution is 7.09. The van der Waals surface area contributed by atoms with Crippen molar-refractivity contribution in [3.63, 3.8) is 0 Å². The number of thiophene rings is 1. The Kier molecular flexibility index (Phi) is 4.54. The summed E-state index contributed by atoms with van der Waals surface area (Å²) in [5.41, 5.74) is 0. The molecule has 0 saturated heterocycles. The van der Waals surface area contributed by atoms with Gasteiger partial charge in [0.25, 0.3) is 0 Å². The van der Waals surface area contributed by atoms with Crippen LogP contribution in [0.4, 0.5) is 0 Å². The van der Waals surface area contributed by atoms with Crippen molar-refractivity contribution in [2.24, 2.45) is 0 Å². The zero-order valence-electron chi connectivity index (χ0n) is 13.0. The Morgan fingerprint density at radius 1 is 1.45 bits per heavy atom. The van der Waals surface area contributed by atoms with Gasteiger partial charge in [0.1, 0.15) is 11.6 Å². The number of amides is 1. The Morgan fingerprint density at radius 2 is 2.32 bits per heavy atom. The Hall–Kier alpha value is -1.73. The van der Waals surface area contributed by atoms with Crippen LogP contribution in [0.15, 0.2) is 17.5 Å². The average molecular weight is 319 g/mol. The lowest BCUT2D eigenvalue weighted by Crippen LogP contribution is -2.48. The van der Waals surface area contributed by atoms with Crippen LogP contribution in [0.2, 0.25) is 0 Å². The van der Waals surface area contributed by atoms with Gasteiger partial charge in [0.05, 0.1) is 12.6 Å². The molecule has 0 aromatic carbocycles. The van der Waals surface area contributed by atoms with Crippen LogP contribution in [0.3, 0.4) is 0 Å². The molecule has 2 aromatic heterocycles. The summed E-state index contributed by atoms with van der Waals surface area (Å²) in [6, 6.07) is 3.99. The van der Waals surface area contributed by atoms with Crippen molar-refractivity contribution in [2.45, 2.75) is 39.4 Å². The van der Waals surface area contributed by atoms with Crippen molar-refractivity contribution in [2.75, 3.05) is 13.1 Å². The summed E-state index contributed by atoms with van der Waals surface area (Å²) in [6.45, 7) is 6.99. The number of carbonyl (C=O) groups is 1. The van der Waals surface area contributed by atoms with E-state index in [-0.39, 0.29) is 11.9 Å². The molecule has 0 bridgehead atoms. The summed E-state index contributed by atoms with van der Waals surface area (Å²) >= 11 is 1.73. The summed E-state index contributed by atoms with van der Waals surface area (Å²) in [4.78, 5) is 15.8. The third kappa shape index (κ3) is 3.20. The molecule has 3 rings (SSSR count). The molecule has 1 atom stereocenters. The molecule has 7 heteroatoms. The van der Waals surface area contributed by atoms with Gasteiger partial charge in [-0.1, -0.05) is 6.07 Å². The largest absolute Gasteiger partial charge is 0.354 e. The topological polar surface area (TPSA) is 63.1 Å². The van der Waals surface area contributed by atoms with E-state index < -0.39 is 0 Å². The first kappa shape index (κ1) is 15.2. The lowest BCUT2D eigenvalue weighted by atomic mass is 10.2. The summed E-state index contributed by atoms with van der Waals surface area (Å²) in [5.74, 6) is 1.98. The van der Waals surface area contributed by atoms with Gasteiger partial charge in [-0.15, -0.1) is 21.5 Å². The van der Waals surface area contributed by atoms with Crippen LogP contribution in [-0.4, -0.2) is 44.7 Å². The van der Waals surface area contributed by atoms with E-state index >= 15 is 0 Å². The smallest absolute Gasteiger partial charge is 0.237 e. The molecule has 6 nitrogen and oxygen atoms in total. The summed E-state index contributed by atoms with van der Waals surface area (Å²) in [6.07, 6.45) is 0.893. The second kappa shape index (κ2) is 6.58. The SMILES string of the molecule is Cc1nnc2n1CCN([C@@H](C)C(=O)NCCc1cccs1)C2. The van der Waals surface area contributed by atoms with Crippen LogP contribution in [0.5, 0.6) is 0 Å². The van der Waals surface area contributed by atoms with E-state index in [2.05, 4.69) is 36.4 Å². The number of rotatable bonds is 5. The second-order valence-corrected chi connectivity index (χ2v) is 6.61. The molecular weight excluding hydrogens is 298 g/mol. The number of aryl methyl sites for hydroxylation is 1. The van der Waals surface area contributed by atoms with Gasteiger partial charge in [-0.2, -0.15) is 0 Å². The van der Waals surface area contributed by atoms with Gasteiger partial charge < -0.3 is 9.88 Å². The number of carbonyl (C=O) groups excluding carboxylic acids is 1. The Bertz CT molecular complexity index is 636. The Labute approximate surface area is 134 Å². The normalized spacial score (nSPS) is 16.3. The van der Waals surface area contributed by atoms with E-state index in [1.54, 1.807) is 11.3 Å². The standard InChI is InChI=1S/C15H21N5OS/c1-11(15(21)16-6-5-13-4-3-9-22-13)19-7-8-20-12(2)17-18-14(20)10-19/h3-4,9,11H,5-8,10H2,1-2H3,(H,16,21)/t11-/m0/s1. The van der Waals surface area contributed by atoms with Gasteiger partial charge in [-0.3, -0.25) is 9.69 Å². The lowest BCUT2D eigenvalue weighted by Gasteiger charge is -2.31. The van der Waals surface area contributed by atoms with Crippen LogP contribution in [0.1, 0.15) is 23.4 Å². The van der Waals surface area contributed by atoms with Gasteiger partial charge in [0.15, 0.2) is 0 Å². The van der Waals surface area contributed by atoms with Crippen molar-refractivity contribution in [1.82, 2.24) is 25.0 Å². The fourth-order valence-corrected chi connectivity index (χ4v) is 3.44. The number of aromatic nitrogens is 3. The van der Waals surface area contributed by atoms with Gasteiger partial charge >= 0.3 is 0 Å². The highest BCUT2D eigenvalue weighted by Gasteiger charge is 2.26. The summed E-state index contributed by atoms with van der Waals surface area (Å²) in [7, 11) is 0. The van der Waals surface area contributed by atoms with Crippen molar-refractivity contribution in [3.05, 3.63) is 34.0 Å². The van der Waals surface area contributed by atoms with Gasteiger partial charge in [-0.05, 0) is 31.7 Å². The fourth-order valence-electron chi connectivity index (χ4n) is 2.73. The molecule has 0 aliphatic carbocycles. The van der Waals surface area contributed by atoms with Gasteiger partial charge in [0, 0.05) is 24.5 Å². The van der Waals surface area contributed by atoms with Crippen LogP contribution >= 0.6 is 11.3 Å². The Balaban J connectivity index is 1.51. The molecule has 0 spiro atoms. The maximum absolute atomic E-state index is 12.3. The van der Waals surface area contributed by atoms with E-state index in [0.717, 1.165) is 31.2 Å². The van der Waals surface area contributed by atoms with E-state index in [1.807, 2.05) is 19.9 Å². The molecule has 1 N–H and O–H groups in total. The monoisotopic (exact) mass is 319 g/mol. The molecule has 1 aliphatic heterocycles. The van der Waals surface area contributed by atoms with Crippen LogP contribution in [0.25, 0.3) is 0 Å². The molecule has 1 aliphatic rings. The first-order valence-corrected chi connectivity index (χ1v) is 8.46. The highest BCUT2D eigenvalue weighted by atomic mass is 32.1. The third-order valence-electron chi connectivity index (χ3n) is 4.15. The maximum Gasteiger partial charge on any atom is 0.237 e. The fraction of sp³-hybridized carbons (Fsp3) is 0.533. The van der Waals surface area contributed by atoms with E-state index in [0.29, 0.717) is 13.1 Å². The van der Waals surface area contributed by atoms with Crippen LogP contribution in [-0.2, 0) is 24.3 Å². The number of fused-ring (bicyclic) bond motifs is 1. The number of nitrogens with one attached hydrogen (secondary N) is 1. The second-order valence-electron chi connectivity index (χ2n) is 5.58. The predicted molar refractivity (Wildman–Crippen MR) is 85.7 cm³/mol. The van der Waals surface area contributed by atoms with Gasteiger partial charge in [-0.25, -0.2) is 0 Å². The summed E-state index contributed by atoms with van der Waals surface area (Å²) < 4.78 is 2.12. The molecule has 0 unspecified atom stereocenters.